The highest BCUT2D eigenvalue weighted by atomic mass is 35.5. The largest absolute Gasteiger partial charge is 0.480 e. The van der Waals surface area contributed by atoms with Crippen LogP contribution in [0.1, 0.15) is 18.1 Å². The van der Waals surface area contributed by atoms with E-state index in [9.17, 15) is 4.79 Å². The first-order valence-corrected chi connectivity index (χ1v) is 4.76. The molecule has 1 atom stereocenters. The second-order valence-electron chi connectivity index (χ2n) is 3.92. The van der Waals surface area contributed by atoms with Gasteiger partial charge in [-0.25, -0.2) is 0 Å². The minimum absolute atomic E-state index is 0. The van der Waals surface area contributed by atoms with Crippen LogP contribution >= 0.6 is 12.4 Å². The molecule has 1 aromatic rings. The van der Waals surface area contributed by atoms with Crippen molar-refractivity contribution >= 4 is 18.4 Å². The van der Waals surface area contributed by atoms with Gasteiger partial charge >= 0.3 is 5.97 Å². The van der Waals surface area contributed by atoms with E-state index in [4.69, 9.17) is 16.6 Å². The van der Waals surface area contributed by atoms with Crippen molar-refractivity contribution in [1.82, 2.24) is 0 Å². The Labute approximate surface area is 107 Å². The highest BCUT2D eigenvalue weighted by molar-refractivity contribution is 5.85. The molecule has 0 aromatic heterocycles. The number of nitrogens with two attached hydrogens (primary N) is 2. The van der Waals surface area contributed by atoms with Crippen molar-refractivity contribution in [2.75, 3.05) is 0 Å². The van der Waals surface area contributed by atoms with Crippen molar-refractivity contribution in [1.29, 1.82) is 0 Å². The first kappa shape index (κ1) is 18.2. The third-order valence-electron chi connectivity index (χ3n) is 2.32. The third kappa shape index (κ3) is 5.14. The van der Waals surface area contributed by atoms with E-state index in [0.717, 1.165) is 11.1 Å². The topological polar surface area (TPSA) is 121 Å². The number of halogens is 1. The summed E-state index contributed by atoms with van der Waals surface area (Å²) in [6, 6.07) is 7.48. The van der Waals surface area contributed by atoms with Gasteiger partial charge in [-0.1, -0.05) is 24.3 Å². The van der Waals surface area contributed by atoms with E-state index in [0.29, 0.717) is 13.0 Å². The van der Waals surface area contributed by atoms with Crippen LogP contribution < -0.4 is 11.5 Å². The summed E-state index contributed by atoms with van der Waals surface area (Å²) >= 11 is 0. The van der Waals surface area contributed by atoms with E-state index in [1.807, 2.05) is 24.3 Å². The Balaban J connectivity index is 0. The Morgan fingerprint density at radius 3 is 2.06 bits per heavy atom. The molecule has 17 heavy (non-hydrogen) atoms. The van der Waals surface area contributed by atoms with Gasteiger partial charge in [0.1, 0.15) is 5.54 Å². The molecule has 0 radical (unpaired) electrons. The predicted octanol–water partition coefficient (Wildman–Crippen LogP) is 0.0869. The maximum atomic E-state index is 10.8. The van der Waals surface area contributed by atoms with Crippen LogP contribution in [0.3, 0.4) is 0 Å². The smallest absolute Gasteiger partial charge is 0.323 e. The Morgan fingerprint density at radius 2 is 1.71 bits per heavy atom. The monoisotopic (exact) mass is 262 g/mol. The van der Waals surface area contributed by atoms with Gasteiger partial charge in [-0.2, -0.15) is 0 Å². The molecule has 7 N–H and O–H groups in total. The average Bonchev–Trinajstić information content (AvgIpc) is 2.18. The maximum Gasteiger partial charge on any atom is 0.323 e. The number of aliphatic carboxylic acids is 1. The minimum Gasteiger partial charge on any atom is -0.480 e. The van der Waals surface area contributed by atoms with Crippen molar-refractivity contribution in [3.63, 3.8) is 0 Å². The number of carbonyl (C=O) groups is 1. The average molecular weight is 263 g/mol. The molecule has 0 heterocycles. The van der Waals surface area contributed by atoms with E-state index in [1.165, 1.54) is 6.92 Å². The zero-order valence-electron chi connectivity index (χ0n) is 9.64. The van der Waals surface area contributed by atoms with Gasteiger partial charge in [0.05, 0.1) is 0 Å². The van der Waals surface area contributed by atoms with E-state index in [-0.39, 0.29) is 17.9 Å². The number of rotatable bonds is 4. The SMILES string of the molecule is C[C@](N)(Cc1ccc(CN)cc1)C(=O)O.Cl.O. The molecular formula is C11H19ClN2O3. The first-order chi connectivity index (χ1) is 6.95. The molecule has 0 aliphatic carbocycles. The van der Waals surface area contributed by atoms with Gasteiger partial charge in [0.15, 0.2) is 0 Å². The lowest BCUT2D eigenvalue weighted by Crippen LogP contribution is -2.46. The Morgan fingerprint density at radius 1 is 1.29 bits per heavy atom. The van der Waals surface area contributed by atoms with E-state index >= 15 is 0 Å². The van der Waals surface area contributed by atoms with Gasteiger partial charge in [0.2, 0.25) is 0 Å². The molecule has 0 saturated heterocycles. The summed E-state index contributed by atoms with van der Waals surface area (Å²) in [4.78, 5) is 10.8. The molecule has 1 aromatic carbocycles. The van der Waals surface area contributed by atoms with E-state index in [2.05, 4.69) is 0 Å². The van der Waals surface area contributed by atoms with Crippen LogP contribution in [0.5, 0.6) is 0 Å². The number of hydrogen-bond acceptors (Lipinski definition) is 3. The second-order valence-corrected chi connectivity index (χ2v) is 3.92. The summed E-state index contributed by atoms with van der Waals surface area (Å²) in [6.07, 6.45) is 0.313. The normalized spacial score (nSPS) is 12.9. The van der Waals surface area contributed by atoms with Crippen molar-refractivity contribution in [2.24, 2.45) is 11.5 Å². The van der Waals surface area contributed by atoms with Crippen molar-refractivity contribution in [3.05, 3.63) is 35.4 Å². The Hall–Kier alpha value is -1.14. The van der Waals surface area contributed by atoms with Crippen LogP contribution in [0.2, 0.25) is 0 Å². The van der Waals surface area contributed by atoms with Gasteiger partial charge in [0, 0.05) is 13.0 Å². The molecule has 98 valence electrons. The van der Waals surface area contributed by atoms with Crippen molar-refractivity contribution in [2.45, 2.75) is 25.4 Å². The number of benzene rings is 1. The van der Waals surface area contributed by atoms with Crippen molar-refractivity contribution in [3.8, 4) is 0 Å². The molecule has 0 unspecified atom stereocenters. The summed E-state index contributed by atoms with van der Waals surface area (Å²) < 4.78 is 0. The minimum atomic E-state index is -1.22. The molecular weight excluding hydrogens is 244 g/mol. The van der Waals surface area contributed by atoms with Gasteiger partial charge < -0.3 is 22.1 Å². The molecule has 1 rings (SSSR count). The van der Waals surface area contributed by atoms with Gasteiger partial charge in [-0.3, -0.25) is 4.79 Å². The molecule has 5 nitrogen and oxygen atoms in total. The first-order valence-electron chi connectivity index (χ1n) is 4.76. The standard InChI is InChI=1S/C11H16N2O2.ClH.H2O/c1-11(13,10(14)15)6-8-2-4-9(7-12)5-3-8;;/h2-5H,6-7,12-13H2,1H3,(H,14,15);1H;1H2/t11-;;/m0../s1. The Kier molecular flexibility index (Phi) is 7.76. The van der Waals surface area contributed by atoms with Crippen LogP contribution in [-0.4, -0.2) is 22.1 Å². The fraction of sp³-hybridized carbons (Fsp3) is 0.364. The number of carboxylic acids is 1. The van der Waals surface area contributed by atoms with Crippen LogP contribution in [0, 0.1) is 0 Å². The lowest BCUT2D eigenvalue weighted by molar-refractivity contribution is -0.142. The maximum absolute atomic E-state index is 10.8. The quantitative estimate of drug-likeness (QED) is 0.712. The van der Waals surface area contributed by atoms with Gasteiger partial charge in [-0.15, -0.1) is 12.4 Å². The fourth-order valence-electron chi connectivity index (χ4n) is 1.29. The highest BCUT2D eigenvalue weighted by Crippen LogP contribution is 2.12. The molecule has 0 amide bonds. The summed E-state index contributed by atoms with van der Waals surface area (Å²) in [5.41, 5.74) is 11.8. The number of hydrogen-bond donors (Lipinski definition) is 3. The molecule has 0 aliphatic rings. The predicted molar refractivity (Wildman–Crippen MR) is 69.1 cm³/mol. The Bertz CT molecular complexity index is 352. The summed E-state index contributed by atoms with van der Waals surface area (Å²) in [5, 5.41) is 8.86. The van der Waals surface area contributed by atoms with E-state index < -0.39 is 11.5 Å². The van der Waals surface area contributed by atoms with Crippen LogP contribution in [0.25, 0.3) is 0 Å². The van der Waals surface area contributed by atoms with Crippen LogP contribution in [0.15, 0.2) is 24.3 Å². The van der Waals surface area contributed by atoms with E-state index in [1.54, 1.807) is 0 Å². The molecule has 0 spiro atoms. The summed E-state index contributed by atoms with van der Waals surface area (Å²) in [6.45, 7) is 1.99. The zero-order valence-corrected chi connectivity index (χ0v) is 10.5. The fourth-order valence-corrected chi connectivity index (χ4v) is 1.29. The second kappa shape index (κ2) is 7.24. The molecule has 0 fully saturated rings. The third-order valence-corrected chi connectivity index (χ3v) is 2.32. The highest BCUT2D eigenvalue weighted by Gasteiger charge is 2.27. The molecule has 0 aliphatic heterocycles. The van der Waals surface area contributed by atoms with Gasteiger partial charge in [0.25, 0.3) is 0 Å². The zero-order chi connectivity index (χ0) is 11.5. The molecule has 0 bridgehead atoms. The van der Waals surface area contributed by atoms with Crippen LogP contribution in [-0.2, 0) is 17.8 Å². The summed E-state index contributed by atoms with van der Waals surface area (Å²) in [5.74, 6) is -0.995. The lowest BCUT2D eigenvalue weighted by atomic mass is 9.94. The van der Waals surface area contributed by atoms with Gasteiger partial charge in [-0.05, 0) is 18.1 Å². The molecule has 0 saturated carbocycles. The lowest BCUT2D eigenvalue weighted by Gasteiger charge is -2.19. The number of carboxylic acid groups (broad SMARTS) is 1. The molecule has 6 heteroatoms. The van der Waals surface area contributed by atoms with Crippen molar-refractivity contribution < 1.29 is 15.4 Å². The van der Waals surface area contributed by atoms with Crippen LogP contribution in [0.4, 0.5) is 0 Å². The summed E-state index contributed by atoms with van der Waals surface area (Å²) in [7, 11) is 0.